The van der Waals surface area contributed by atoms with Crippen molar-refractivity contribution in [2.45, 2.75) is 41.2 Å². The minimum absolute atomic E-state index is 0.268. The van der Waals surface area contributed by atoms with Crippen LogP contribution < -0.4 is 5.56 Å². The smallest absolute Gasteiger partial charge is 0.263 e. The molecule has 0 aliphatic rings. The normalized spacial score (nSPS) is 9.00. The van der Waals surface area contributed by atoms with Gasteiger partial charge >= 0.3 is 0 Å². The van der Waals surface area contributed by atoms with Gasteiger partial charge < -0.3 is 5.11 Å². The standard InChI is InChI=1S/C10H12N2O2.2C2H6/c1-3-5-12-9(4-2)11-6-8(7-13)10(12)14;2*1-2/h3-6,13H,2,7H2,1H3;2*1-2H3/b5-3-;;. The predicted molar refractivity (Wildman–Crippen MR) is 78.2 cm³/mol. The van der Waals surface area contributed by atoms with Crippen LogP contribution in [-0.4, -0.2) is 14.7 Å². The molecule has 0 unspecified atom stereocenters. The summed E-state index contributed by atoms with van der Waals surface area (Å²) >= 11 is 0. The minimum Gasteiger partial charge on any atom is -0.391 e. The molecule has 1 aromatic rings. The Balaban J connectivity index is 0. The molecule has 0 saturated carbocycles. The van der Waals surface area contributed by atoms with Crippen LogP contribution >= 0.6 is 0 Å². The van der Waals surface area contributed by atoms with Crippen molar-refractivity contribution in [2.75, 3.05) is 0 Å². The highest BCUT2D eigenvalue weighted by atomic mass is 16.3. The van der Waals surface area contributed by atoms with Crippen LogP contribution in [0.15, 0.2) is 23.6 Å². The molecule has 18 heavy (non-hydrogen) atoms. The van der Waals surface area contributed by atoms with Gasteiger partial charge in [-0.25, -0.2) is 4.98 Å². The SMILES string of the molecule is C=Cc1ncc(CO)c(=O)n1/C=C\C.CC.CC. The lowest BCUT2D eigenvalue weighted by molar-refractivity contribution is 0.279. The largest absolute Gasteiger partial charge is 0.391 e. The highest BCUT2D eigenvalue weighted by Gasteiger charge is 2.04. The molecular weight excluding hydrogens is 228 g/mol. The molecule has 0 fully saturated rings. The van der Waals surface area contributed by atoms with E-state index in [1.807, 2.05) is 27.7 Å². The van der Waals surface area contributed by atoms with Gasteiger partial charge in [-0.3, -0.25) is 9.36 Å². The molecule has 0 saturated heterocycles. The third-order valence-electron chi connectivity index (χ3n) is 1.74. The van der Waals surface area contributed by atoms with Crippen molar-refractivity contribution in [2.24, 2.45) is 0 Å². The van der Waals surface area contributed by atoms with Gasteiger partial charge in [0.1, 0.15) is 5.82 Å². The third kappa shape index (κ3) is 5.10. The van der Waals surface area contributed by atoms with E-state index < -0.39 is 0 Å². The highest BCUT2D eigenvalue weighted by Crippen LogP contribution is 1.97. The fourth-order valence-electron chi connectivity index (χ4n) is 1.07. The quantitative estimate of drug-likeness (QED) is 0.900. The number of hydrogen-bond acceptors (Lipinski definition) is 3. The van der Waals surface area contributed by atoms with E-state index in [2.05, 4.69) is 11.6 Å². The summed E-state index contributed by atoms with van der Waals surface area (Å²) in [5, 5.41) is 8.87. The Morgan fingerprint density at radius 2 is 1.94 bits per heavy atom. The topological polar surface area (TPSA) is 55.1 Å². The molecule has 0 atom stereocenters. The van der Waals surface area contributed by atoms with Crippen LogP contribution in [0.5, 0.6) is 0 Å². The van der Waals surface area contributed by atoms with E-state index in [1.54, 1.807) is 19.2 Å². The van der Waals surface area contributed by atoms with Gasteiger partial charge in [-0.1, -0.05) is 40.3 Å². The molecule has 0 aromatic carbocycles. The van der Waals surface area contributed by atoms with Crippen LogP contribution in [0.4, 0.5) is 0 Å². The third-order valence-corrected chi connectivity index (χ3v) is 1.74. The summed E-state index contributed by atoms with van der Waals surface area (Å²) < 4.78 is 1.35. The summed E-state index contributed by atoms with van der Waals surface area (Å²) in [5.41, 5.74) is 0.00389. The van der Waals surface area contributed by atoms with Gasteiger partial charge in [0.05, 0.1) is 12.2 Å². The second-order valence-corrected chi connectivity index (χ2v) is 2.66. The monoisotopic (exact) mass is 252 g/mol. The Morgan fingerprint density at radius 3 is 2.33 bits per heavy atom. The maximum absolute atomic E-state index is 11.6. The molecule has 0 aliphatic heterocycles. The Morgan fingerprint density at radius 1 is 1.39 bits per heavy atom. The highest BCUT2D eigenvalue weighted by molar-refractivity contribution is 5.42. The second kappa shape index (κ2) is 11.8. The van der Waals surface area contributed by atoms with Crippen LogP contribution in [0.25, 0.3) is 12.3 Å². The molecule has 0 radical (unpaired) electrons. The van der Waals surface area contributed by atoms with E-state index in [0.29, 0.717) is 5.82 Å². The summed E-state index contributed by atoms with van der Waals surface area (Å²) in [6.07, 6.45) is 6.16. The lowest BCUT2D eigenvalue weighted by Gasteiger charge is -2.04. The molecule has 102 valence electrons. The zero-order valence-electron chi connectivity index (χ0n) is 12.0. The summed E-state index contributed by atoms with van der Waals surface area (Å²) in [5.74, 6) is 0.463. The van der Waals surface area contributed by atoms with Crippen molar-refractivity contribution >= 4 is 12.3 Å². The Kier molecular flexibility index (Phi) is 12.2. The molecule has 0 aliphatic carbocycles. The second-order valence-electron chi connectivity index (χ2n) is 2.66. The van der Waals surface area contributed by atoms with Crippen molar-refractivity contribution in [1.82, 2.24) is 9.55 Å². The zero-order chi connectivity index (χ0) is 14.6. The van der Waals surface area contributed by atoms with E-state index in [-0.39, 0.29) is 17.7 Å². The average molecular weight is 252 g/mol. The van der Waals surface area contributed by atoms with Crippen LogP contribution in [-0.2, 0) is 6.61 Å². The van der Waals surface area contributed by atoms with E-state index in [9.17, 15) is 4.79 Å². The number of aromatic nitrogens is 2. The zero-order valence-corrected chi connectivity index (χ0v) is 12.0. The van der Waals surface area contributed by atoms with Crippen molar-refractivity contribution in [3.8, 4) is 0 Å². The average Bonchev–Trinajstić information content (AvgIpc) is 2.45. The van der Waals surface area contributed by atoms with Crippen molar-refractivity contribution in [1.29, 1.82) is 0 Å². The maximum Gasteiger partial charge on any atom is 0.263 e. The first-order chi connectivity index (χ1) is 8.74. The minimum atomic E-state index is -0.305. The van der Waals surface area contributed by atoms with Gasteiger partial charge in [0, 0.05) is 12.4 Å². The van der Waals surface area contributed by atoms with Gasteiger partial charge in [-0.05, 0) is 13.0 Å². The maximum atomic E-state index is 11.6. The lowest BCUT2D eigenvalue weighted by Crippen LogP contribution is -2.23. The Bertz CT molecular complexity index is 420. The molecule has 4 heteroatoms. The van der Waals surface area contributed by atoms with Crippen LogP contribution in [0.1, 0.15) is 46.0 Å². The van der Waals surface area contributed by atoms with E-state index in [4.69, 9.17) is 5.11 Å². The molecule has 0 amide bonds. The fraction of sp³-hybridized carbons (Fsp3) is 0.429. The molecule has 1 N–H and O–H groups in total. The van der Waals surface area contributed by atoms with Crippen molar-refractivity contribution < 1.29 is 5.11 Å². The summed E-state index contributed by atoms with van der Waals surface area (Å²) in [4.78, 5) is 15.6. The van der Waals surface area contributed by atoms with Crippen molar-refractivity contribution in [3.63, 3.8) is 0 Å². The summed E-state index contributed by atoms with van der Waals surface area (Å²) in [6.45, 7) is 13.0. The van der Waals surface area contributed by atoms with Crippen molar-refractivity contribution in [3.05, 3.63) is 40.6 Å². The first kappa shape index (κ1) is 18.7. The predicted octanol–water partition coefficient (Wildman–Crippen LogP) is 2.92. The Hall–Kier alpha value is -1.68. The Labute approximate surface area is 109 Å². The summed E-state index contributed by atoms with van der Waals surface area (Å²) in [6, 6.07) is 0. The number of nitrogens with zero attached hydrogens (tertiary/aromatic N) is 2. The van der Waals surface area contributed by atoms with Gasteiger partial charge in [0.2, 0.25) is 0 Å². The first-order valence-corrected chi connectivity index (χ1v) is 6.21. The van der Waals surface area contributed by atoms with Gasteiger partial charge in [0.25, 0.3) is 5.56 Å². The molecule has 0 spiro atoms. The van der Waals surface area contributed by atoms with Crippen LogP contribution in [0.3, 0.4) is 0 Å². The molecule has 1 aromatic heterocycles. The lowest BCUT2D eigenvalue weighted by atomic mass is 10.3. The first-order valence-electron chi connectivity index (χ1n) is 6.21. The molecule has 1 rings (SSSR count). The molecular formula is C14H24N2O2. The van der Waals surface area contributed by atoms with Gasteiger partial charge in [-0.15, -0.1) is 0 Å². The molecule has 0 bridgehead atoms. The number of rotatable bonds is 3. The summed E-state index contributed by atoms with van der Waals surface area (Å²) in [7, 11) is 0. The molecule has 4 nitrogen and oxygen atoms in total. The number of hydrogen-bond donors (Lipinski definition) is 1. The van der Waals surface area contributed by atoms with E-state index in [0.717, 1.165) is 0 Å². The van der Waals surface area contributed by atoms with Crippen LogP contribution in [0, 0.1) is 0 Å². The number of allylic oxidation sites excluding steroid dienone is 1. The van der Waals surface area contributed by atoms with E-state index in [1.165, 1.54) is 16.8 Å². The van der Waals surface area contributed by atoms with Gasteiger partial charge in [-0.2, -0.15) is 0 Å². The number of aliphatic hydroxyl groups is 1. The molecule has 1 heterocycles. The van der Waals surface area contributed by atoms with Gasteiger partial charge in [0.15, 0.2) is 0 Å². The number of aliphatic hydroxyl groups excluding tert-OH is 1. The van der Waals surface area contributed by atoms with E-state index >= 15 is 0 Å². The van der Waals surface area contributed by atoms with Crippen LogP contribution in [0.2, 0.25) is 0 Å². The fourth-order valence-corrected chi connectivity index (χ4v) is 1.07.